The van der Waals surface area contributed by atoms with E-state index in [0.717, 1.165) is 27.7 Å². The first-order valence-electron chi connectivity index (χ1n) is 8.40. The molecule has 26 heavy (non-hydrogen) atoms. The van der Waals surface area contributed by atoms with Crippen molar-refractivity contribution >= 4 is 22.7 Å². The fraction of sp³-hybridized carbons (Fsp3) is 0.200. The van der Waals surface area contributed by atoms with Crippen LogP contribution in [-0.4, -0.2) is 22.8 Å². The molecule has 0 radical (unpaired) electrons. The number of carbonyl (C=O) groups excluding carboxylic acids is 2. The number of rotatable bonds is 6. The number of H-pyrrole nitrogens is 1. The predicted octanol–water partition coefficient (Wildman–Crippen LogP) is 2.90. The number of fused-ring (bicyclic) bond motifs is 1. The molecule has 0 aliphatic heterocycles. The zero-order valence-corrected chi connectivity index (χ0v) is 14.4. The maximum atomic E-state index is 13.7. The number of nitrogens with one attached hydrogen (secondary N) is 2. The molecule has 6 heteroatoms. The van der Waals surface area contributed by atoms with Crippen molar-refractivity contribution in [1.82, 2.24) is 10.3 Å². The number of nitrogens with two attached hydrogens (primary N) is 1. The second-order valence-corrected chi connectivity index (χ2v) is 6.23. The smallest absolute Gasteiger partial charge is 0.239 e. The standard InChI is InChI=1S/C20H20FN3O2/c1-12(20(22)26)23-18(25)10-8-15-16-11-14(21)7-9-17(16)24-19(15)13-5-3-2-4-6-13/h2-7,9,11-12,24H,8,10H2,1H3,(H2,22,26)(H,23,25). The Kier molecular flexibility index (Phi) is 5.02. The topological polar surface area (TPSA) is 88.0 Å². The van der Waals surface area contributed by atoms with Gasteiger partial charge in [0.25, 0.3) is 0 Å². The predicted molar refractivity (Wildman–Crippen MR) is 98.8 cm³/mol. The van der Waals surface area contributed by atoms with Gasteiger partial charge in [0.2, 0.25) is 11.8 Å². The molecule has 1 atom stereocenters. The lowest BCUT2D eigenvalue weighted by Crippen LogP contribution is -2.42. The van der Waals surface area contributed by atoms with Crippen LogP contribution in [0.3, 0.4) is 0 Å². The number of amides is 2. The normalized spacial score (nSPS) is 12.1. The Morgan fingerprint density at radius 2 is 1.92 bits per heavy atom. The molecular formula is C20H20FN3O2. The molecule has 0 saturated heterocycles. The van der Waals surface area contributed by atoms with Gasteiger partial charge in [-0.15, -0.1) is 0 Å². The second kappa shape index (κ2) is 7.39. The Morgan fingerprint density at radius 3 is 2.62 bits per heavy atom. The van der Waals surface area contributed by atoms with Crippen LogP contribution in [0.4, 0.5) is 4.39 Å². The van der Waals surface area contributed by atoms with Crippen LogP contribution in [0.25, 0.3) is 22.2 Å². The molecule has 1 heterocycles. The van der Waals surface area contributed by atoms with Gasteiger partial charge in [0.1, 0.15) is 11.9 Å². The molecule has 2 amide bonds. The molecular weight excluding hydrogens is 333 g/mol. The number of aryl methyl sites for hydroxylation is 1. The zero-order chi connectivity index (χ0) is 18.7. The lowest BCUT2D eigenvalue weighted by molar-refractivity contribution is -0.126. The molecule has 0 saturated carbocycles. The summed E-state index contributed by atoms with van der Waals surface area (Å²) >= 11 is 0. The van der Waals surface area contributed by atoms with Crippen molar-refractivity contribution in [1.29, 1.82) is 0 Å². The summed E-state index contributed by atoms with van der Waals surface area (Å²) in [7, 11) is 0. The highest BCUT2D eigenvalue weighted by Gasteiger charge is 2.17. The van der Waals surface area contributed by atoms with E-state index in [1.807, 2.05) is 30.3 Å². The van der Waals surface area contributed by atoms with Crippen LogP contribution >= 0.6 is 0 Å². The Balaban J connectivity index is 1.92. The Labute approximate surface area is 150 Å². The zero-order valence-electron chi connectivity index (χ0n) is 14.4. The maximum Gasteiger partial charge on any atom is 0.239 e. The number of benzene rings is 2. The summed E-state index contributed by atoms with van der Waals surface area (Å²) in [5.74, 6) is -1.19. The lowest BCUT2D eigenvalue weighted by atomic mass is 10.0. The van der Waals surface area contributed by atoms with Crippen molar-refractivity contribution in [2.24, 2.45) is 5.73 Å². The highest BCUT2D eigenvalue weighted by molar-refractivity contribution is 5.92. The number of carbonyl (C=O) groups is 2. The molecule has 3 aromatic rings. The van der Waals surface area contributed by atoms with E-state index in [-0.39, 0.29) is 18.1 Å². The summed E-state index contributed by atoms with van der Waals surface area (Å²) in [4.78, 5) is 26.5. The first-order valence-corrected chi connectivity index (χ1v) is 8.40. The maximum absolute atomic E-state index is 13.7. The van der Waals surface area contributed by atoms with E-state index < -0.39 is 11.9 Å². The van der Waals surface area contributed by atoms with Crippen molar-refractivity contribution in [3.05, 3.63) is 59.9 Å². The van der Waals surface area contributed by atoms with E-state index in [2.05, 4.69) is 10.3 Å². The number of primary amides is 1. The molecule has 1 aromatic heterocycles. The molecule has 5 nitrogen and oxygen atoms in total. The van der Waals surface area contributed by atoms with Crippen molar-refractivity contribution < 1.29 is 14.0 Å². The third kappa shape index (κ3) is 3.74. The van der Waals surface area contributed by atoms with Gasteiger partial charge in [0.05, 0.1) is 0 Å². The van der Waals surface area contributed by atoms with Crippen LogP contribution in [0.2, 0.25) is 0 Å². The average molecular weight is 353 g/mol. The van der Waals surface area contributed by atoms with Crippen molar-refractivity contribution in [2.45, 2.75) is 25.8 Å². The molecule has 134 valence electrons. The first-order chi connectivity index (χ1) is 12.5. The summed E-state index contributed by atoms with van der Waals surface area (Å²) in [5, 5.41) is 3.31. The molecule has 1 unspecified atom stereocenters. The minimum Gasteiger partial charge on any atom is -0.368 e. The summed E-state index contributed by atoms with van der Waals surface area (Å²) in [6.45, 7) is 1.54. The van der Waals surface area contributed by atoms with E-state index in [0.29, 0.717) is 6.42 Å². The minimum atomic E-state index is -0.725. The summed E-state index contributed by atoms with van der Waals surface area (Å²) < 4.78 is 13.7. The van der Waals surface area contributed by atoms with Gasteiger partial charge in [0.15, 0.2) is 0 Å². The number of halogens is 1. The largest absolute Gasteiger partial charge is 0.368 e. The lowest BCUT2D eigenvalue weighted by Gasteiger charge is -2.10. The van der Waals surface area contributed by atoms with Gasteiger partial charge in [-0.25, -0.2) is 4.39 Å². The second-order valence-electron chi connectivity index (χ2n) is 6.23. The Bertz CT molecular complexity index is 950. The van der Waals surface area contributed by atoms with E-state index >= 15 is 0 Å². The highest BCUT2D eigenvalue weighted by Crippen LogP contribution is 2.31. The van der Waals surface area contributed by atoms with Crippen LogP contribution in [-0.2, 0) is 16.0 Å². The summed E-state index contributed by atoms with van der Waals surface area (Å²) in [5.41, 5.74) is 8.67. The van der Waals surface area contributed by atoms with Gasteiger partial charge in [-0.1, -0.05) is 30.3 Å². The Hall–Kier alpha value is -3.15. The number of hydrogen-bond donors (Lipinski definition) is 3. The average Bonchev–Trinajstić information content (AvgIpc) is 2.98. The van der Waals surface area contributed by atoms with E-state index in [9.17, 15) is 14.0 Å². The van der Waals surface area contributed by atoms with Gasteiger partial charge in [-0.05, 0) is 42.7 Å². The van der Waals surface area contributed by atoms with Crippen molar-refractivity contribution in [3.8, 4) is 11.3 Å². The SMILES string of the molecule is CC(NC(=O)CCc1c(-c2ccccc2)[nH]c2ccc(F)cc12)C(N)=O. The molecule has 0 bridgehead atoms. The molecule has 3 rings (SSSR count). The van der Waals surface area contributed by atoms with Crippen LogP contribution < -0.4 is 11.1 Å². The molecule has 0 aliphatic carbocycles. The minimum absolute atomic E-state index is 0.168. The van der Waals surface area contributed by atoms with E-state index in [1.54, 1.807) is 6.07 Å². The third-order valence-corrected chi connectivity index (χ3v) is 4.34. The quantitative estimate of drug-likeness (QED) is 0.636. The first kappa shape index (κ1) is 17.7. The number of hydrogen-bond acceptors (Lipinski definition) is 2. The number of aromatic amines is 1. The van der Waals surface area contributed by atoms with Gasteiger partial charge in [-0.2, -0.15) is 0 Å². The highest BCUT2D eigenvalue weighted by atomic mass is 19.1. The fourth-order valence-electron chi connectivity index (χ4n) is 2.95. The van der Waals surface area contributed by atoms with E-state index in [4.69, 9.17) is 5.73 Å². The van der Waals surface area contributed by atoms with Crippen LogP contribution in [0.1, 0.15) is 18.9 Å². The fourth-order valence-corrected chi connectivity index (χ4v) is 2.95. The molecule has 0 aliphatic rings. The van der Waals surface area contributed by atoms with Crippen LogP contribution in [0, 0.1) is 5.82 Å². The molecule has 0 spiro atoms. The molecule has 2 aromatic carbocycles. The monoisotopic (exact) mass is 353 g/mol. The van der Waals surface area contributed by atoms with Crippen LogP contribution in [0.5, 0.6) is 0 Å². The van der Waals surface area contributed by atoms with Crippen molar-refractivity contribution in [3.63, 3.8) is 0 Å². The van der Waals surface area contributed by atoms with Gasteiger partial charge < -0.3 is 16.0 Å². The van der Waals surface area contributed by atoms with Crippen molar-refractivity contribution in [2.75, 3.05) is 0 Å². The molecule has 4 N–H and O–H groups in total. The van der Waals surface area contributed by atoms with Gasteiger partial charge in [-0.3, -0.25) is 9.59 Å². The van der Waals surface area contributed by atoms with E-state index in [1.165, 1.54) is 19.1 Å². The van der Waals surface area contributed by atoms with Gasteiger partial charge >= 0.3 is 0 Å². The van der Waals surface area contributed by atoms with Crippen LogP contribution in [0.15, 0.2) is 48.5 Å². The summed E-state index contributed by atoms with van der Waals surface area (Å²) in [6.07, 6.45) is 0.575. The number of aromatic nitrogens is 1. The van der Waals surface area contributed by atoms with Gasteiger partial charge in [0, 0.05) is 23.0 Å². The summed E-state index contributed by atoms with van der Waals surface area (Å²) in [6, 6.07) is 13.5. The third-order valence-electron chi connectivity index (χ3n) is 4.34. The Morgan fingerprint density at radius 1 is 1.19 bits per heavy atom. The molecule has 0 fully saturated rings.